The van der Waals surface area contributed by atoms with Crippen LogP contribution in [-0.2, 0) is 12.8 Å². The molecule has 0 bridgehead atoms. The molecule has 0 saturated carbocycles. The smallest absolute Gasteiger partial charge is 0.167 e. The van der Waals surface area contributed by atoms with E-state index in [4.69, 9.17) is 5.53 Å². The van der Waals surface area contributed by atoms with E-state index in [0.29, 0.717) is 13.0 Å². The molecular formula is C23H21N3O. The fraction of sp³-hybridized carbons (Fsp3) is 0.174. The highest BCUT2D eigenvalue weighted by atomic mass is 16.1. The Bertz CT molecular complexity index is 943. The molecule has 27 heavy (non-hydrogen) atoms. The zero-order valence-corrected chi connectivity index (χ0v) is 15.1. The summed E-state index contributed by atoms with van der Waals surface area (Å²) < 4.78 is 0. The van der Waals surface area contributed by atoms with Gasteiger partial charge in [0.15, 0.2) is 5.78 Å². The van der Waals surface area contributed by atoms with Gasteiger partial charge < -0.3 is 0 Å². The first-order chi connectivity index (χ1) is 13.3. The van der Waals surface area contributed by atoms with Crippen LogP contribution < -0.4 is 0 Å². The number of azide groups is 1. The van der Waals surface area contributed by atoms with Crippen LogP contribution >= 0.6 is 0 Å². The van der Waals surface area contributed by atoms with E-state index in [1.165, 1.54) is 5.56 Å². The van der Waals surface area contributed by atoms with Gasteiger partial charge >= 0.3 is 0 Å². The Morgan fingerprint density at radius 1 is 0.852 bits per heavy atom. The molecule has 0 unspecified atom stereocenters. The Hall–Kier alpha value is -3.36. The molecule has 3 aromatic rings. The fourth-order valence-corrected chi connectivity index (χ4v) is 3.10. The third-order valence-electron chi connectivity index (χ3n) is 4.49. The van der Waals surface area contributed by atoms with Gasteiger partial charge in [0.05, 0.1) is 0 Å². The van der Waals surface area contributed by atoms with Crippen molar-refractivity contribution in [2.24, 2.45) is 5.11 Å². The summed E-state index contributed by atoms with van der Waals surface area (Å²) in [7, 11) is 0. The molecule has 0 fully saturated rings. The molecule has 3 rings (SSSR count). The molecule has 0 radical (unpaired) electrons. The van der Waals surface area contributed by atoms with Gasteiger partial charge in [-0.05, 0) is 40.6 Å². The lowest BCUT2D eigenvalue weighted by molar-refractivity contribution is 0.0993. The van der Waals surface area contributed by atoms with E-state index < -0.39 is 0 Å². The first-order valence-corrected chi connectivity index (χ1v) is 9.04. The molecule has 0 aliphatic heterocycles. The maximum atomic E-state index is 12.9. The normalized spacial score (nSPS) is 10.2. The van der Waals surface area contributed by atoms with Crippen LogP contribution in [0.25, 0.3) is 21.6 Å². The Morgan fingerprint density at radius 3 is 2.26 bits per heavy atom. The van der Waals surface area contributed by atoms with E-state index in [-0.39, 0.29) is 5.78 Å². The fourth-order valence-electron chi connectivity index (χ4n) is 3.10. The molecule has 0 heterocycles. The highest BCUT2D eigenvalue weighted by Crippen LogP contribution is 2.24. The summed E-state index contributed by atoms with van der Waals surface area (Å²) >= 11 is 0. The van der Waals surface area contributed by atoms with Crippen LogP contribution in [-0.4, -0.2) is 12.3 Å². The average molecular weight is 355 g/mol. The SMILES string of the molecule is [N-]=[N+]=NCCCc1ccc(CC(=O)c2ccccc2-c2ccccc2)cc1. The van der Waals surface area contributed by atoms with Crippen LogP contribution in [0.2, 0.25) is 0 Å². The van der Waals surface area contributed by atoms with Crippen LogP contribution in [0.5, 0.6) is 0 Å². The minimum absolute atomic E-state index is 0.116. The van der Waals surface area contributed by atoms with Gasteiger partial charge in [0.2, 0.25) is 0 Å². The molecule has 0 amide bonds. The summed E-state index contributed by atoms with van der Waals surface area (Å²) in [5.41, 5.74) is 13.3. The van der Waals surface area contributed by atoms with Gasteiger partial charge in [0.25, 0.3) is 0 Å². The van der Waals surface area contributed by atoms with Crippen LogP contribution in [0, 0.1) is 0 Å². The van der Waals surface area contributed by atoms with E-state index in [0.717, 1.165) is 35.1 Å². The lowest BCUT2D eigenvalue weighted by atomic mass is 9.94. The van der Waals surface area contributed by atoms with Crippen molar-refractivity contribution in [3.05, 3.63) is 106 Å². The maximum absolute atomic E-state index is 12.9. The van der Waals surface area contributed by atoms with E-state index >= 15 is 0 Å². The monoisotopic (exact) mass is 355 g/mol. The lowest BCUT2D eigenvalue weighted by Gasteiger charge is -2.09. The quantitative estimate of drug-likeness (QED) is 0.160. The molecule has 0 saturated heterocycles. The number of ketones is 1. The van der Waals surface area contributed by atoms with Crippen molar-refractivity contribution in [1.82, 2.24) is 0 Å². The molecule has 134 valence electrons. The predicted octanol–water partition coefficient (Wildman–Crippen LogP) is 6.02. The van der Waals surface area contributed by atoms with Gasteiger partial charge in [0, 0.05) is 23.4 Å². The number of benzene rings is 3. The van der Waals surface area contributed by atoms with Crippen LogP contribution in [0.4, 0.5) is 0 Å². The molecule has 4 heteroatoms. The number of aryl methyl sites for hydroxylation is 1. The van der Waals surface area contributed by atoms with E-state index in [1.54, 1.807) is 0 Å². The van der Waals surface area contributed by atoms with Crippen molar-refractivity contribution in [2.45, 2.75) is 19.3 Å². The molecule has 0 spiro atoms. The Labute approximate surface area is 159 Å². The van der Waals surface area contributed by atoms with E-state index in [9.17, 15) is 4.79 Å². The van der Waals surface area contributed by atoms with Crippen molar-refractivity contribution < 1.29 is 4.79 Å². The second-order valence-electron chi connectivity index (χ2n) is 6.39. The number of hydrogen-bond acceptors (Lipinski definition) is 2. The number of carbonyl (C=O) groups is 1. The molecule has 4 nitrogen and oxygen atoms in total. The van der Waals surface area contributed by atoms with Gasteiger partial charge in [0.1, 0.15) is 0 Å². The summed E-state index contributed by atoms with van der Waals surface area (Å²) in [6.07, 6.45) is 2.07. The van der Waals surface area contributed by atoms with Gasteiger partial charge in [-0.1, -0.05) is 84.0 Å². The van der Waals surface area contributed by atoms with Gasteiger partial charge in [-0.3, -0.25) is 4.79 Å². The number of Topliss-reactive ketones (excluding diaryl/α,β-unsaturated/α-hetero) is 1. The van der Waals surface area contributed by atoms with Crippen LogP contribution in [0.3, 0.4) is 0 Å². The van der Waals surface area contributed by atoms with Crippen molar-refractivity contribution in [2.75, 3.05) is 6.54 Å². The molecule has 3 aromatic carbocycles. The van der Waals surface area contributed by atoms with Crippen molar-refractivity contribution >= 4 is 5.78 Å². The molecule has 0 aliphatic carbocycles. The zero-order chi connectivity index (χ0) is 18.9. The molecular weight excluding hydrogens is 334 g/mol. The summed E-state index contributed by atoms with van der Waals surface area (Å²) in [6.45, 7) is 0.507. The molecule has 0 aromatic heterocycles. The topological polar surface area (TPSA) is 65.8 Å². The zero-order valence-electron chi connectivity index (χ0n) is 15.1. The standard InChI is InChI=1S/C23H21N3O/c24-26-25-16-6-7-18-12-14-19(15-13-18)17-23(27)22-11-5-4-10-21(22)20-8-2-1-3-9-20/h1-5,8-15H,6-7,16-17H2. The van der Waals surface area contributed by atoms with Crippen LogP contribution in [0.1, 0.15) is 27.9 Å². The molecule has 0 atom stereocenters. The highest BCUT2D eigenvalue weighted by molar-refractivity contribution is 6.03. The van der Waals surface area contributed by atoms with Gasteiger partial charge in [-0.15, -0.1) is 0 Å². The largest absolute Gasteiger partial charge is 0.294 e. The number of carbonyl (C=O) groups excluding carboxylic acids is 1. The molecule has 0 aliphatic rings. The predicted molar refractivity (Wildman–Crippen MR) is 109 cm³/mol. The summed E-state index contributed by atoms with van der Waals surface area (Å²) in [4.78, 5) is 15.6. The minimum Gasteiger partial charge on any atom is -0.294 e. The minimum atomic E-state index is 0.116. The van der Waals surface area contributed by atoms with Gasteiger partial charge in [-0.25, -0.2) is 0 Å². The third kappa shape index (κ3) is 5.06. The Balaban J connectivity index is 1.70. The summed E-state index contributed by atoms with van der Waals surface area (Å²) in [5.74, 6) is 0.116. The number of nitrogens with zero attached hydrogens (tertiary/aromatic N) is 3. The van der Waals surface area contributed by atoms with Crippen molar-refractivity contribution in [3.8, 4) is 11.1 Å². The number of hydrogen-bond donors (Lipinski definition) is 0. The summed E-state index contributed by atoms with van der Waals surface area (Å²) in [5, 5.41) is 3.55. The maximum Gasteiger partial charge on any atom is 0.167 e. The second kappa shape index (κ2) is 9.37. The summed E-state index contributed by atoms with van der Waals surface area (Å²) in [6, 6.07) is 25.9. The van der Waals surface area contributed by atoms with Gasteiger partial charge in [-0.2, -0.15) is 0 Å². The molecule has 0 N–H and O–H groups in total. The van der Waals surface area contributed by atoms with Crippen molar-refractivity contribution in [1.29, 1.82) is 0 Å². The van der Waals surface area contributed by atoms with Crippen molar-refractivity contribution in [3.63, 3.8) is 0 Å². The average Bonchev–Trinajstić information content (AvgIpc) is 2.73. The lowest BCUT2D eigenvalue weighted by Crippen LogP contribution is -2.05. The highest BCUT2D eigenvalue weighted by Gasteiger charge is 2.12. The number of rotatable bonds is 8. The second-order valence-corrected chi connectivity index (χ2v) is 6.39. The first kappa shape index (κ1) is 18.4. The third-order valence-corrected chi connectivity index (χ3v) is 4.49. The Kier molecular flexibility index (Phi) is 6.40. The first-order valence-electron chi connectivity index (χ1n) is 9.04. The van der Waals surface area contributed by atoms with E-state index in [2.05, 4.69) is 10.0 Å². The van der Waals surface area contributed by atoms with Crippen LogP contribution in [0.15, 0.2) is 84.0 Å². The Morgan fingerprint density at radius 2 is 1.52 bits per heavy atom. The van der Waals surface area contributed by atoms with E-state index in [1.807, 2.05) is 78.9 Å².